The van der Waals surface area contributed by atoms with E-state index in [1.807, 2.05) is 0 Å². The van der Waals surface area contributed by atoms with Crippen LogP contribution < -0.4 is 0 Å². The van der Waals surface area contributed by atoms with E-state index >= 15 is 0 Å². The van der Waals surface area contributed by atoms with Crippen molar-refractivity contribution in [2.45, 2.75) is 136 Å². The third kappa shape index (κ3) is 14.2. The van der Waals surface area contributed by atoms with E-state index in [1.54, 1.807) is 27.7 Å². The zero-order chi connectivity index (χ0) is 40.3. The van der Waals surface area contributed by atoms with Crippen LogP contribution in [0, 0.1) is 71.0 Å². The molecule has 0 aromatic heterocycles. The van der Waals surface area contributed by atoms with Crippen LogP contribution >= 0.6 is 0 Å². The maximum atomic E-state index is 12.7. The van der Waals surface area contributed by atoms with Gasteiger partial charge >= 0.3 is 37.1 Å². The lowest BCUT2D eigenvalue weighted by Crippen LogP contribution is -2.45. The molecule has 0 amide bonds. The zero-order valence-corrected chi connectivity index (χ0v) is 29.1. The fraction of sp³-hybridized carbons (Fsp3) is 1.00. The standard InChI is InChI=1S/3C11H16F6/c1-6(2)8-5-7(10(12,13)14)3-4-9(8)11(15,16)17;1-6(2)8-4-3-7(10(12,13)14)5-9(8)11(15,16)17;1-6(2)9-7(10(12,13)14)4-3-5-8(9)11(15,16)17/h3*6-9H,3-5H2,1-2H3. The average Bonchev–Trinajstić information content (AvgIpc) is 2.94. The molecule has 0 radical (unpaired) electrons. The topological polar surface area (TPSA) is 0 Å². The molecule has 0 aromatic rings. The Labute approximate surface area is 286 Å². The lowest BCUT2D eigenvalue weighted by atomic mass is 9.66. The Bertz CT molecular complexity index is 973. The minimum absolute atomic E-state index is 0.00241. The summed E-state index contributed by atoms with van der Waals surface area (Å²) >= 11 is 0. The van der Waals surface area contributed by atoms with Crippen molar-refractivity contribution in [3.8, 4) is 0 Å². The molecule has 3 fully saturated rings. The molecule has 8 unspecified atom stereocenters. The lowest BCUT2D eigenvalue weighted by molar-refractivity contribution is -0.252. The number of hydrogen-bond acceptors (Lipinski definition) is 0. The number of rotatable bonds is 3. The number of halogens is 18. The molecule has 306 valence electrons. The first-order chi connectivity index (χ1) is 22.6. The van der Waals surface area contributed by atoms with Crippen molar-refractivity contribution in [2.24, 2.45) is 71.0 Å². The summed E-state index contributed by atoms with van der Waals surface area (Å²) in [4.78, 5) is 0. The fourth-order valence-electron chi connectivity index (χ4n) is 8.23. The molecule has 3 saturated carbocycles. The molecule has 0 aromatic carbocycles. The quantitative estimate of drug-likeness (QED) is 0.250. The molecule has 18 heteroatoms. The predicted octanol–water partition coefficient (Wildman–Crippen LogP) is 14.4. The van der Waals surface area contributed by atoms with Gasteiger partial charge in [0.1, 0.15) is 0 Å². The molecule has 0 N–H and O–H groups in total. The Balaban J connectivity index is 0.000000382. The zero-order valence-electron chi connectivity index (χ0n) is 29.1. The predicted molar refractivity (Wildman–Crippen MR) is 154 cm³/mol. The second-order valence-corrected chi connectivity index (χ2v) is 15.3. The first-order valence-corrected chi connectivity index (χ1v) is 17.0. The summed E-state index contributed by atoms with van der Waals surface area (Å²) in [5, 5.41) is 0. The number of hydrogen-bond donors (Lipinski definition) is 0. The van der Waals surface area contributed by atoms with E-state index in [4.69, 9.17) is 0 Å². The van der Waals surface area contributed by atoms with Crippen LogP contribution in [-0.2, 0) is 0 Å². The van der Waals surface area contributed by atoms with Crippen molar-refractivity contribution in [3.05, 3.63) is 0 Å². The van der Waals surface area contributed by atoms with Crippen LogP contribution in [0.5, 0.6) is 0 Å². The van der Waals surface area contributed by atoms with Crippen LogP contribution in [-0.4, -0.2) is 37.1 Å². The SMILES string of the molecule is CC(C)C1C(C(F)(F)F)CCCC1C(F)(F)F.CC(C)C1CC(C(F)(F)F)CCC1C(F)(F)F.CC(C)C1CCC(C(F)(F)F)CC1C(F)(F)F. The fourth-order valence-corrected chi connectivity index (χ4v) is 8.23. The summed E-state index contributed by atoms with van der Waals surface area (Å²) in [6, 6.07) is 0. The third-order valence-electron chi connectivity index (χ3n) is 10.9. The summed E-state index contributed by atoms with van der Waals surface area (Å²) in [6.45, 7) is 9.26. The highest BCUT2D eigenvalue weighted by Gasteiger charge is 2.57. The molecule has 0 nitrogen and oxygen atoms in total. The third-order valence-corrected chi connectivity index (χ3v) is 10.9. The van der Waals surface area contributed by atoms with Crippen molar-refractivity contribution >= 4 is 0 Å². The molecule has 0 heterocycles. The second kappa shape index (κ2) is 17.5. The van der Waals surface area contributed by atoms with Crippen molar-refractivity contribution in [1.82, 2.24) is 0 Å². The number of alkyl halides is 18. The van der Waals surface area contributed by atoms with Crippen molar-refractivity contribution in [2.75, 3.05) is 0 Å². The first kappa shape index (κ1) is 47.8. The normalized spacial score (nSPS) is 31.9. The molecule has 51 heavy (non-hydrogen) atoms. The molecular weight excluding hydrogens is 738 g/mol. The van der Waals surface area contributed by atoms with Crippen molar-refractivity contribution < 1.29 is 79.0 Å². The Kier molecular flexibility index (Phi) is 16.4. The molecule has 0 spiro atoms. The van der Waals surface area contributed by atoms with Gasteiger partial charge in [-0.1, -0.05) is 48.0 Å². The molecule has 3 rings (SSSR count). The van der Waals surface area contributed by atoms with E-state index in [0.29, 0.717) is 0 Å². The molecule has 3 aliphatic rings. The largest absolute Gasteiger partial charge is 0.392 e. The van der Waals surface area contributed by atoms with E-state index in [1.165, 1.54) is 13.8 Å². The van der Waals surface area contributed by atoms with Crippen LogP contribution in [0.3, 0.4) is 0 Å². The van der Waals surface area contributed by atoms with Gasteiger partial charge in [-0.25, -0.2) is 0 Å². The lowest BCUT2D eigenvalue weighted by Gasteiger charge is -2.42. The molecule has 8 atom stereocenters. The second-order valence-electron chi connectivity index (χ2n) is 15.3. The highest BCUT2D eigenvalue weighted by Crippen LogP contribution is 2.53. The highest BCUT2D eigenvalue weighted by atomic mass is 19.4. The van der Waals surface area contributed by atoms with Gasteiger partial charge in [-0.2, -0.15) is 79.0 Å². The van der Waals surface area contributed by atoms with Gasteiger partial charge in [-0.3, -0.25) is 0 Å². The van der Waals surface area contributed by atoms with E-state index in [9.17, 15) is 79.0 Å². The smallest absolute Gasteiger partial charge is 0.171 e. The highest BCUT2D eigenvalue weighted by molar-refractivity contribution is 4.91. The summed E-state index contributed by atoms with van der Waals surface area (Å²) in [5.74, 6) is -14.6. The van der Waals surface area contributed by atoms with Gasteiger partial charge in [0.05, 0.1) is 35.5 Å². The van der Waals surface area contributed by atoms with Crippen LogP contribution in [0.4, 0.5) is 79.0 Å². The van der Waals surface area contributed by atoms with E-state index in [2.05, 4.69) is 0 Å². The summed E-state index contributed by atoms with van der Waals surface area (Å²) < 4.78 is 228. The van der Waals surface area contributed by atoms with Gasteiger partial charge in [0, 0.05) is 0 Å². The van der Waals surface area contributed by atoms with Gasteiger partial charge in [-0.15, -0.1) is 0 Å². The van der Waals surface area contributed by atoms with E-state index in [-0.39, 0.29) is 43.9 Å². The van der Waals surface area contributed by atoms with Gasteiger partial charge in [-0.05, 0) is 86.9 Å². The van der Waals surface area contributed by atoms with Gasteiger partial charge < -0.3 is 0 Å². The van der Waals surface area contributed by atoms with Crippen LogP contribution in [0.15, 0.2) is 0 Å². The van der Waals surface area contributed by atoms with Crippen molar-refractivity contribution in [3.63, 3.8) is 0 Å². The summed E-state index contributed by atoms with van der Waals surface area (Å²) in [7, 11) is 0. The first-order valence-electron chi connectivity index (χ1n) is 17.0. The van der Waals surface area contributed by atoms with E-state index in [0.717, 1.165) is 0 Å². The minimum atomic E-state index is -4.53. The Morgan fingerprint density at radius 2 is 0.686 bits per heavy atom. The van der Waals surface area contributed by atoms with Crippen LogP contribution in [0.2, 0.25) is 0 Å². The molecule has 3 aliphatic carbocycles. The van der Waals surface area contributed by atoms with E-state index < -0.39 is 122 Å². The van der Waals surface area contributed by atoms with Crippen LogP contribution in [0.1, 0.15) is 99.3 Å². The van der Waals surface area contributed by atoms with Crippen LogP contribution in [0.25, 0.3) is 0 Å². The Morgan fingerprint density at radius 1 is 0.333 bits per heavy atom. The maximum absolute atomic E-state index is 12.7. The summed E-state index contributed by atoms with van der Waals surface area (Å²) in [5.41, 5.74) is 0. The molecular formula is C33H48F18. The van der Waals surface area contributed by atoms with Gasteiger partial charge in [0.15, 0.2) is 0 Å². The minimum Gasteiger partial charge on any atom is -0.171 e. The Morgan fingerprint density at radius 3 is 1.00 bits per heavy atom. The molecule has 0 saturated heterocycles. The monoisotopic (exact) mass is 786 g/mol. The average molecular weight is 787 g/mol. The van der Waals surface area contributed by atoms with Crippen molar-refractivity contribution in [1.29, 1.82) is 0 Å². The van der Waals surface area contributed by atoms with Gasteiger partial charge in [0.25, 0.3) is 0 Å². The Hall–Kier alpha value is -1.26. The maximum Gasteiger partial charge on any atom is 0.392 e. The summed E-state index contributed by atoms with van der Waals surface area (Å²) in [6.07, 6.45) is -29.4. The molecule has 0 bridgehead atoms. The molecule has 0 aliphatic heterocycles. The van der Waals surface area contributed by atoms with Gasteiger partial charge in [0.2, 0.25) is 0 Å².